The van der Waals surface area contributed by atoms with Gasteiger partial charge in [0.1, 0.15) is 23.0 Å². The summed E-state index contributed by atoms with van der Waals surface area (Å²) in [7, 11) is 5.91. The molecule has 0 aliphatic rings. The van der Waals surface area contributed by atoms with Crippen molar-refractivity contribution in [1.29, 1.82) is 0 Å². The molecule has 0 unspecified atom stereocenters. The third kappa shape index (κ3) is 4.44. The normalized spacial score (nSPS) is 10.0. The van der Waals surface area contributed by atoms with E-state index in [-0.39, 0.29) is 5.56 Å². The monoisotopic (exact) mass is 360 g/mol. The van der Waals surface area contributed by atoms with Gasteiger partial charge in [-0.2, -0.15) is 0 Å². The van der Waals surface area contributed by atoms with Crippen LogP contribution in [0.4, 0.5) is 0 Å². The Morgan fingerprint density at radius 2 is 1.38 bits per heavy atom. The minimum atomic E-state index is -0.664. The fourth-order valence-corrected chi connectivity index (χ4v) is 2.25. The molecule has 0 saturated carbocycles. The van der Waals surface area contributed by atoms with Crippen LogP contribution in [0.25, 0.3) is 0 Å². The molecule has 0 heterocycles. The lowest BCUT2D eigenvalue weighted by molar-refractivity contribution is 0.0473. The van der Waals surface area contributed by atoms with Crippen LogP contribution in [0.3, 0.4) is 0 Å². The third-order valence-corrected chi connectivity index (χ3v) is 3.63. The lowest BCUT2D eigenvalue weighted by Crippen LogP contribution is -2.15. The van der Waals surface area contributed by atoms with Crippen molar-refractivity contribution in [2.75, 3.05) is 35.0 Å². The summed E-state index contributed by atoms with van der Waals surface area (Å²) in [6.45, 7) is -0.430. The first kappa shape index (κ1) is 19.1. The van der Waals surface area contributed by atoms with Crippen molar-refractivity contribution < 1.29 is 33.3 Å². The number of hydrogen-bond donors (Lipinski definition) is 0. The van der Waals surface area contributed by atoms with E-state index in [1.807, 2.05) is 0 Å². The van der Waals surface area contributed by atoms with Gasteiger partial charge in [0.25, 0.3) is 0 Å². The molecule has 0 atom stereocenters. The number of methoxy groups -OCH3 is 4. The number of carbonyl (C=O) groups excluding carboxylic acids is 2. The molecule has 0 radical (unpaired) electrons. The first-order valence-electron chi connectivity index (χ1n) is 7.67. The Kier molecular flexibility index (Phi) is 6.43. The van der Waals surface area contributed by atoms with E-state index in [0.717, 1.165) is 0 Å². The summed E-state index contributed by atoms with van der Waals surface area (Å²) in [5, 5.41) is 0. The van der Waals surface area contributed by atoms with Crippen LogP contribution in [0.15, 0.2) is 36.4 Å². The maximum Gasteiger partial charge on any atom is 0.338 e. The van der Waals surface area contributed by atoms with Crippen molar-refractivity contribution in [1.82, 2.24) is 0 Å². The lowest BCUT2D eigenvalue weighted by atomic mass is 10.1. The molecule has 0 saturated heterocycles. The van der Waals surface area contributed by atoms with Gasteiger partial charge in [-0.05, 0) is 24.3 Å². The Morgan fingerprint density at radius 3 is 1.92 bits per heavy atom. The summed E-state index contributed by atoms with van der Waals surface area (Å²) >= 11 is 0. The zero-order valence-electron chi connectivity index (χ0n) is 15.0. The zero-order valence-corrected chi connectivity index (χ0v) is 15.0. The standard InChI is InChI=1S/C19H20O7/c1-22-13-5-6-16(18(10-13)25-4)17(20)11-26-19(21)12-7-14(23-2)9-15(8-12)24-3/h5-10H,11H2,1-4H3. The number of carbonyl (C=O) groups is 2. The van der Waals surface area contributed by atoms with Crippen LogP contribution >= 0.6 is 0 Å². The molecule has 0 spiro atoms. The van der Waals surface area contributed by atoms with Gasteiger partial charge in [-0.15, -0.1) is 0 Å². The second-order valence-corrected chi connectivity index (χ2v) is 5.17. The highest BCUT2D eigenvalue weighted by molar-refractivity contribution is 6.01. The summed E-state index contributed by atoms with van der Waals surface area (Å²) in [6.07, 6.45) is 0. The van der Waals surface area contributed by atoms with E-state index in [0.29, 0.717) is 28.6 Å². The molecule has 7 nitrogen and oxygen atoms in total. The largest absolute Gasteiger partial charge is 0.497 e. The Labute approximate surface area is 151 Å². The predicted octanol–water partition coefficient (Wildman–Crippen LogP) is 2.76. The fraction of sp³-hybridized carbons (Fsp3) is 0.263. The average Bonchev–Trinajstić information content (AvgIpc) is 2.70. The van der Waals surface area contributed by atoms with Gasteiger partial charge >= 0.3 is 5.97 Å². The van der Waals surface area contributed by atoms with E-state index in [1.165, 1.54) is 40.6 Å². The van der Waals surface area contributed by atoms with Crippen molar-refractivity contribution in [3.8, 4) is 23.0 Å². The number of hydrogen-bond acceptors (Lipinski definition) is 7. The van der Waals surface area contributed by atoms with Crippen LogP contribution in [0.2, 0.25) is 0 Å². The van der Waals surface area contributed by atoms with Crippen LogP contribution in [0.5, 0.6) is 23.0 Å². The number of rotatable bonds is 8. The number of ether oxygens (including phenoxy) is 5. The van der Waals surface area contributed by atoms with E-state index < -0.39 is 18.4 Å². The summed E-state index contributed by atoms with van der Waals surface area (Å²) in [5.41, 5.74) is 0.514. The molecule has 0 aliphatic carbocycles. The second kappa shape index (κ2) is 8.75. The Morgan fingerprint density at radius 1 is 0.769 bits per heavy atom. The molecule has 2 rings (SSSR count). The number of benzene rings is 2. The van der Waals surface area contributed by atoms with Gasteiger partial charge < -0.3 is 23.7 Å². The second-order valence-electron chi connectivity index (χ2n) is 5.17. The Balaban J connectivity index is 2.11. The molecule has 2 aromatic carbocycles. The quantitative estimate of drug-likeness (QED) is 0.529. The number of ketones is 1. The van der Waals surface area contributed by atoms with Crippen molar-refractivity contribution in [2.24, 2.45) is 0 Å². The van der Waals surface area contributed by atoms with Gasteiger partial charge in [0, 0.05) is 12.1 Å². The summed E-state index contributed by atoms with van der Waals surface area (Å²) in [5.74, 6) is 0.724. The summed E-state index contributed by atoms with van der Waals surface area (Å²) in [6, 6.07) is 9.41. The highest BCUT2D eigenvalue weighted by Gasteiger charge is 2.17. The van der Waals surface area contributed by atoms with Crippen molar-refractivity contribution in [3.63, 3.8) is 0 Å². The van der Waals surface area contributed by atoms with Gasteiger partial charge in [0.2, 0.25) is 5.78 Å². The smallest absolute Gasteiger partial charge is 0.338 e. The third-order valence-electron chi connectivity index (χ3n) is 3.63. The van der Waals surface area contributed by atoms with Crippen LogP contribution in [-0.2, 0) is 4.74 Å². The molecule has 0 aliphatic heterocycles. The van der Waals surface area contributed by atoms with Gasteiger partial charge in [-0.1, -0.05) is 0 Å². The van der Waals surface area contributed by atoms with Crippen LogP contribution < -0.4 is 18.9 Å². The maximum atomic E-state index is 12.4. The number of Topliss-reactive ketones (excluding diaryl/α,β-unsaturated/α-hetero) is 1. The Hall–Kier alpha value is -3.22. The molecule has 0 bridgehead atoms. The molecule has 0 amide bonds. The summed E-state index contributed by atoms with van der Waals surface area (Å²) < 4.78 is 25.6. The minimum Gasteiger partial charge on any atom is -0.497 e. The van der Waals surface area contributed by atoms with E-state index in [4.69, 9.17) is 23.7 Å². The van der Waals surface area contributed by atoms with Crippen LogP contribution in [0, 0.1) is 0 Å². The molecule has 26 heavy (non-hydrogen) atoms. The van der Waals surface area contributed by atoms with Crippen molar-refractivity contribution in [2.45, 2.75) is 0 Å². The summed E-state index contributed by atoms with van der Waals surface area (Å²) in [4.78, 5) is 24.6. The fourth-order valence-electron chi connectivity index (χ4n) is 2.25. The number of esters is 1. The van der Waals surface area contributed by atoms with E-state index in [9.17, 15) is 9.59 Å². The van der Waals surface area contributed by atoms with Crippen LogP contribution in [0.1, 0.15) is 20.7 Å². The first-order valence-corrected chi connectivity index (χ1v) is 7.67. The minimum absolute atomic E-state index is 0.218. The molecule has 138 valence electrons. The molecule has 7 heteroatoms. The average molecular weight is 360 g/mol. The van der Waals surface area contributed by atoms with Gasteiger partial charge in [0.05, 0.1) is 39.6 Å². The molecule has 0 aromatic heterocycles. The molecule has 0 fully saturated rings. The van der Waals surface area contributed by atoms with Gasteiger partial charge in [0.15, 0.2) is 6.61 Å². The van der Waals surface area contributed by atoms with Crippen molar-refractivity contribution >= 4 is 11.8 Å². The predicted molar refractivity (Wildman–Crippen MR) is 93.7 cm³/mol. The topological polar surface area (TPSA) is 80.3 Å². The molecule has 2 aromatic rings. The maximum absolute atomic E-state index is 12.4. The Bertz CT molecular complexity index is 776. The lowest BCUT2D eigenvalue weighted by Gasteiger charge is -2.11. The highest BCUT2D eigenvalue weighted by atomic mass is 16.5. The van der Waals surface area contributed by atoms with E-state index in [1.54, 1.807) is 24.3 Å². The SMILES string of the molecule is COc1cc(OC)cc(C(=O)OCC(=O)c2ccc(OC)cc2OC)c1. The van der Waals surface area contributed by atoms with Crippen molar-refractivity contribution in [3.05, 3.63) is 47.5 Å². The zero-order chi connectivity index (χ0) is 19.1. The van der Waals surface area contributed by atoms with E-state index >= 15 is 0 Å². The first-order chi connectivity index (χ1) is 12.5. The molecule has 0 N–H and O–H groups in total. The highest BCUT2D eigenvalue weighted by Crippen LogP contribution is 2.26. The van der Waals surface area contributed by atoms with Gasteiger partial charge in [-0.3, -0.25) is 4.79 Å². The van der Waals surface area contributed by atoms with E-state index in [2.05, 4.69) is 0 Å². The molecular formula is C19H20O7. The van der Waals surface area contributed by atoms with Crippen LogP contribution in [-0.4, -0.2) is 46.8 Å². The molecular weight excluding hydrogens is 340 g/mol. The van der Waals surface area contributed by atoms with Gasteiger partial charge in [-0.25, -0.2) is 4.79 Å².